The Kier molecular flexibility index (Phi) is 7.75. The van der Waals surface area contributed by atoms with Gasteiger partial charge in [0, 0.05) is 16.6 Å². The van der Waals surface area contributed by atoms with Crippen molar-refractivity contribution < 1.29 is 19.5 Å². The Morgan fingerprint density at radius 2 is 1.85 bits per heavy atom. The van der Waals surface area contributed by atoms with Crippen molar-refractivity contribution >= 4 is 40.3 Å². The van der Waals surface area contributed by atoms with Crippen LogP contribution < -0.4 is 22.1 Å². The van der Waals surface area contributed by atoms with E-state index in [9.17, 15) is 19.5 Å². The van der Waals surface area contributed by atoms with Crippen LogP contribution in [0.2, 0.25) is 0 Å². The standard InChI is InChI=1S/C24H26N6O4/c1-2-18-17(11-14-6-3-4-9-19(14)29-18)20(12-22(32)33)30-21(31)13-27-23(34)15-7-5-8-16(10-15)28-24(25)26/h3-11,20H,2,12-13H2,1H3,(H,27,34)(H,30,31)(H,32,33)(H4,25,26,28). The average Bonchev–Trinajstić information content (AvgIpc) is 2.80. The summed E-state index contributed by atoms with van der Waals surface area (Å²) in [6, 6.07) is 14.8. The lowest BCUT2D eigenvalue weighted by Gasteiger charge is -2.21. The number of fused-ring (bicyclic) bond motifs is 1. The number of benzene rings is 2. The first-order valence-electron chi connectivity index (χ1n) is 10.6. The molecule has 1 heterocycles. The zero-order valence-corrected chi connectivity index (χ0v) is 18.6. The maximum Gasteiger partial charge on any atom is 0.305 e. The highest BCUT2D eigenvalue weighted by molar-refractivity contribution is 5.97. The van der Waals surface area contributed by atoms with E-state index >= 15 is 0 Å². The van der Waals surface area contributed by atoms with Gasteiger partial charge < -0.3 is 27.2 Å². The number of amides is 2. The summed E-state index contributed by atoms with van der Waals surface area (Å²) in [7, 11) is 0. The summed E-state index contributed by atoms with van der Waals surface area (Å²) in [4.78, 5) is 45.1. The molecule has 0 aliphatic heterocycles. The van der Waals surface area contributed by atoms with Gasteiger partial charge in [0.15, 0.2) is 5.96 Å². The molecule has 2 amide bonds. The largest absolute Gasteiger partial charge is 0.481 e. The van der Waals surface area contributed by atoms with E-state index in [4.69, 9.17) is 11.5 Å². The highest BCUT2D eigenvalue weighted by Crippen LogP contribution is 2.25. The van der Waals surface area contributed by atoms with E-state index in [-0.39, 0.29) is 24.5 Å². The van der Waals surface area contributed by atoms with Crippen molar-refractivity contribution in [3.63, 3.8) is 0 Å². The number of hydrogen-bond acceptors (Lipinski definition) is 5. The number of hydrogen-bond donors (Lipinski definition) is 5. The molecular weight excluding hydrogens is 436 g/mol. The Labute approximate surface area is 196 Å². The molecule has 1 unspecified atom stereocenters. The molecule has 0 bridgehead atoms. The predicted molar refractivity (Wildman–Crippen MR) is 129 cm³/mol. The zero-order chi connectivity index (χ0) is 24.7. The topological polar surface area (TPSA) is 173 Å². The van der Waals surface area contributed by atoms with E-state index in [1.807, 2.05) is 37.3 Å². The Morgan fingerprint density at radius 1 is 1.09 bits per heavy atom. The number of nitrogens with zero attached hydrogens (tertiary/aromatic N) is 2. The van der Waals surface area contributed by atoms with Crippen LogP contribution in [0.3, 0.4) is 0 Å². The molecular formula is C24H26N6O4. The van der Waals surface area contributed by atoms with Crippen LogP contribution in [-0.4, -0.2) is 40.4 Å². The lowest BCUT2D eigenvalue weighted by Crippen LogP contribution is -2.39. The number of aromatic nitrogens is 1. The molecule has 0 saturated heterocycles. The van der Waals surface area contributed by atoms with Crippen LogP contribution in [0.15, 0.2) is 59.6 Å². The molecule has 2 aromatic carbocycles. The third kappa shape index (κ3) is 6.28. The zero-order valence-electron chi connectivity index (χ0n) is 18.6. The molecule has 34 heavy (non-hydrogen) atoms. The predicted octanol–water partition coefficient (Wildman–Crippen LogP) is 1.76. The van der Waals surface area contributed by atoms with E-state index in [2.05, 4.69) is 20.6 Å². The summed E-state index contributed by atoms with van der Waals surface area (Å²) in [6.45, 7) is 1.57. The number of pyridine rings is 1. The molecule has 0 radical (unpaired) electrons. The van der Waals surface area contributed by atoms with E-state index < -0.39 is 23.8 Å². The van der Waals surface area contributed by atoms with Gasteiger partial charge in [0.05, 0.1) is 30.2 Å². The molecule has 7 N–H and O–H groups in total. The fourth-order valence-corrected chi connectivity index (χ4v) is 3.54. The van der Waals surface area contributed by atoms with E-state index in [0.29, 0.717) is 23.4 Å². The van der Waals surface area contributed by atoms with Gasteiger partial charge in [-0.15, -0.1) is 0 Å². The van der Waals surface area contributed by atoms with Crippen molar-refractivity contribution in [2.24, 2.45) is 16.5 Å². The van der Waals surface area contributed by atoms with Gasteiger partial charge in [-0.2, -0.15) is 0 Å². The van der Waals surface area contributed by atoms with Crippen LogP contribution in [0.4, 0.5) is 5.69 Å². The molecule has 0 aliphatic rings. The third-order valence-corrected chi connectivity index (χ3v) is 5.04. The normalized spacial score (nSPS) is 11.4. The fraction of sp³-hybridized carbons (Fsp3) is 0.208. The molecule has 1 aromatic heterocycles. The summed E-state index contributed by atoms with van der Waals surface area (Å²) in [5, 5.41) is 15.5. The first kappa shape index (κ1) is 24.2. The number of rotatable bonds is 9. The number of aryl methyl sites for hydroxylation is 1. The second-order valence-electron chi connectivity index (χ2n) is 7.56. The fourth-order valence-electron chi connectivity index (χ4n) is 3.54. The minimum atomic E-state index is -1.07. The summed E-state index contributed by atoms with van der Waals surface area (Å²) < 4.78 is 0. The Morgan fingerprint density at radius 3 is 2.56 bits per heavy atom. The molecule has 3 aromatic rings. The van der Waals surface area contributed by atoms with E-state index in [0.717, 1.165) is 10.9 Å². The Balaban J connectivity index is 1.74. The summed E-state index contributed by atoms with van der Waals surface area (Å²) >= 11 is 0. The minimum Gasteiger partial charge on any atom is -0.481 e. The quantitative estimate of drug-likeness (QED) is 0.238. The minimum absolute atomic E-state index is 0.143. The molecule has 10 heteroatoms. The van der Waals surface area contributed by atoms with Crippen LogP contribution in [0, 0.1) is 0 Å². The number of carbonyl (C=O) groups is 3. The summed E-state index contributed by atoms with van der Waals surface area (Å²) in [6.07, 6.45) is 0.238. The highest BCUT2D eigenvalue weighted by atomic mass is 16.4. The van der Waals surface area contributed by atoms with Gasteiger partial charge in [-0.3, -0.25) is 19.4 Å². The number of aliphatic carboxylic acids is 1. The van der Waals surface area contributed by atoms with Gasteiger partial charge in [-0.25, -0.2) is 4.99 Å². The number of aliphatic imine (C=N–C) groups is 1. The Hall–Kier alpha value is -4.47. The smallest absolute Gasteiger partial charge is 0.305 e. The monoisotopic (exact) mass is 462 g/mol. The summed E-state index contributed by atoms with van der Waals surface area (Å²) in [5.41, 5.74) is 13.5. The van der Waals surface area contributed by atoms with Crippen LogP contribution in [0.25, 0.3) is 10.9 Å². The lowest BCUT2D eigenvalue weighted by molar-refractivity contribution is -0.137. The molecule has 0 aliphatic carbocycles. The lowest BCUT2D eigenvalue weighted by atomic mass is 9.98. The van der Waals surface area contributed by atoms with Gasteiger partial charge in [0.2, 0.25) is 5.91 Å². The molecule has 176 valence electrons. The second kappa shape index (κ2) is 10.9. The maximum atomic E-state index is 12.6. The number of carbonyl (C=O) groups excluding carboxylic acids is 2. The first-order chi connectivity index (χ1) is 16.3. The number of nitrogens with two attached hydrogens (primary N) is 2. The number of carboxylic acids is 1. The number of nitrogens with one attached hydrogen (secondary N) is 2. The second-order valence-corrected chi connectivity index (χ2v) is 7.56. The highest BCUT2D eigenvalue weighted by Gasteiger charge is 2.22. The molecule has 0 saturated carbocycles. The first-order valence-corrected chi connectivity index (χ1v) is 10.6. The number of carboxylic acid groups (broad SMARTS) is 1. The van der Waals surface area contributed by atoms with Crippen molar-refractivity contribution in [1.29, 1.82) is 0 Å². The van der Waals surface area contributed by atoms with Crippen LogP contribution in [0.5, 0.6) is 0 Å². The maximum absolute atomic E-state index is 12.6. The van der Waals surface area contributed by atoms with Crippen molar-refractivity contribution in [3.05, 3.63) is 71.4 Å². The molecule has 10 nitrogen and oxygen atoms in total. The van der Waals surface area contributed by atoms with Crippen molar-refractivity contribution in [3.8, 4) is 0 Å². The van der Waals surface area contributed by atoms with Crippen LogP contribution in [0.1, 0.15) is 41.0 Å². The number of guanidine groups is 1. The molecule has 1 atom stereocenters. The molecule has 0 spiro atoms. The van der Waals surface area contributed by atoms with Crippen molar-refractivity contribution in [2.45, 2.75) is 25.8 Å². The van der Waals surface area contributed by atoms with Gasteiger partial charge in [0.25, 0.3) is 5.91 Å². The van der Waals surface area contributed by atoms with E-state index in [1.165, 1.54) is 6.07 Å². The van der Waals surface area contributed by atoms with Crippen LogP contribution in [-0.2, 0) is 16.0 Å². The van der Waals surface area contributed by atoms with E-state index in [1.54, 1.807) is 18.2 Å². The van der Waals surface area contributed by atoms with Crippen molar-refractivity contribution in [1.82, 2.24) is 15.6 Å². The average molecular weight is 463 g/mol. The van der Waals surface area contributed by atoms with Gasteiger partial charge in [0.1, 0.15) is 0 Å². The molecule has 0 fully saturated rings. The van der Waals surface area contributed by atoms with Gasteiger partial charge >= 0.3 is 5.97 Å². The van der Waals surface area contributed by atoms with Gasteiger partial charge in [-0.05, 0) is 42.3 Å². The van der Waals surface area contributed by atoms with Gasteiger partial charge in [-0.1, -0.05) is 31.2 Å². The third-order valence-electron chi connectivity index (χ3n) is 5.04. The summed E-state index contributed by atoms with van der Waals surface area (Å²) in [5.74, 6) is -2.24. The van der Waals surface area contributed by atoms with Crippen molar-refractivity contribution in [2.75, 3.05) is 6.54 Å². The Bertz CT molecular complexity index is 1250. The van der Waals surface area contributed by atoms with Crippen LogP contribution >= 0.6 is 0 Å². The number of para-hydroxylation sites is 1. The SMILES string of the molecule is CCc1nc2ccccc2cc1C(CC(=O)O)NC(=O)CNC(=O)c1cccc(N=C(N)N)c1. The molecule has 3 rings (SSSR count).